The molecule has 9 heteroatoms. The van der Waals surface area contributed by atoms with Crippen LogP contribution in [0.3, 0.4) is 0 Å². The minimum absolute atomic E-state index is 0.178. The van der Waals surface area contributed by atoms with E-state index in [1.54, 1.807) is 17.0 Å². The van der Waals surface area contributed by atoms with Crippen LogP contribution in [-0.4, -0.2) is 72.2 Å². The summed E-state index contributed by atoms with van der Waals surface area (Å²) in [7, 11) is -0.647. The molecule has 1 N–H and O–H groups in total. The first-order chi connectivity index (χ1) is 14.2. The summed E-state index contributed by atoms with van der Waals surface area (Å²) in [5, 5.41) is 9.63. The zero-order chi connectivity index (χ0) is 23.2. The zero-order valence-electron chi connectivity index (χ0n) is 19.5. The molecule has 0 unspecified atom stereocenters. The second kappa shape index (κ2) is 8.02. The molecule has 1 aromatic carbocycles. The van der Waals surface area contributed by atoms with Crippen LogP contribution in [0, 0.1) is 0 Å². The number of hydrogen-bond donors (Lipinski definition) is 1. The predicted molar refractivity (Wildman–Crippen MR) is 119 cm³/mol. The topological polar surface area (TPSA) is 88.5 Å². The van der Waals surface area contributed by atoms with Crippen LogP contribution in [0.25, 0.3) is 0 Å². The molecule has 31 heavy (non-hydrogen) atoms. The van der Waals surface area contributed by atoms with Crippen LogP contribution in [0.4, 0.5) is 10.5 Å². The highest BCUT2D eigenvalue weighted by Crippen LogP contribution is 2.36. The molecule has 2 heterocycles. The molecule has 2 saturated heterocycles. The second-order valence-corrected chi connectivity index (χ2v) is 10.2. The number of benzene rings is 1. The van der Waals surface area contributed by atoms with Gasteiger partial charge < -0.3 is 29.0 Å². The van der Waals surface area contributed by atoms with E-state index in [0.29, 0.717) is 31.6 Å². The minimum atomic E-state index is -1.01. The highest BCUT2D eigenvalue weighted by atomic mass is 16.7. The number of nitrogens with zero attached hydrogens (tertiary/aromatic N) is 2. The van der Waals surface area contributed by atoms with Gasteiger partial charge in [0.1, 0.15) is 5.60 Å². The van der Waals surface area contributed by atoms with Crippen molar-refractivity contribution in [2.45, 2.75) is 65.3 Å². The molecule has 2 fully saturated rings. The molecule has 0 saturated carbocycles. The van der Waals surface area contributed by atoms with Crippen molar-refractivity contribution in [3.8, 4) is 0 Å². The van der Waals surface area contributed by atoms with Gasteiger partial charge in [-0.2, -0.15) is 0 Å². The Hall–Kier alpha value is -2.26. The highest BCUT2D eigenvalue weighted by Gasteiger charge is 2.52. The van der Waals surface area contributed by atoms with Gasteiger partial charge in [-0.3, -0.25) is 0 Å². The third kappa shape index (κ3) is 5.15. The summed E-state index contributed by atoms with van der Waals surface area (Å²) >= 11 is 0. The maximum absolute atomic E-state index is 12.3. The van der Waals surface area contributed by atoms with E-state index in [4.69, 9.17) is 14.0 Å². The monoisotopic (exact) mass is 432 g/mol. The van der Waals surface area contributed by atoms with E-state index < -0.39 is 29.9 Å². The predicted octanol–water partition coefficient (Wildman–Crippen LogP) is 2.74. The number of hydrogen-bond acceptors (Lipinski definition) is 6. The van der Waals surface area contributed by atoms with Gasteiger partial charge in [0.05, 0.1) is 16.8 Å². The Morgan fingerprint density at radius 2 is 1.55 bits per heavy atom. The number of carboxylic acids is 1. The summed E-state index contributed by atoms with van der Waals surface area (Å²) in [6, 6.07) is 5.17. The number of amides is 1. The van der Waals surface area contributed by atoms with Crippen molar-refractivity contribution >= 4 is 30.3 Å². The normalized spacial score (nSPS) is 20.7. The summed E-state index contributed by atoms with van der Waals surface area (Å²) in [5.74, 6) is -1.01. The van der Waals surface area contributed by atoms with Gasteiger partial charge in [0.2, 0.25) is 0 Å². The quantitative estimate of drug-likeness (QED) is 0.735. The van der Waals surface area contributed by atoms with Crippen LogP contribution < -0.4 is 10.4 Å². The van der Waals surface area contributed by atoms with E-state index in [1.165, 1.54) is 0 Å². The second-order valence-electron chi connectivity index (χ2n) is 10.2. The lowest BCUT2D eigenvalue weighted by atomic mass is 9.78. The van der Waals surface area contributed by atoms with Gasteiger partial charge in [-0.25, -0.2) is 9.59 Å². The SMILES string of the molecule is CC(C)(C)OC(=O)N1CCN(c2cc(B3OC(C)(C)C(C)(C)O3)cc(C(=O)O)c2)CC1. The van der Waals surface area contributed by atoms with Crippen molar-refractivity contribution < 1.29 is 28.7 Å². The van der Waals surface area contributed by atoms with Gasteiger partial charge in [0.15, 0.2) is 0 Å². The van der Waals surface area contributed by atoms with E-state index >= 15 is 0 Å². The van der Waals surface area contributed by atoms with Crippen LogP contribution in [0.1, 0.15) is 58.8 Å². The van der Waals surface area contributed by atoms with Crippen molar-refractivity contribution in [1.82, 2.24) is 4.90 Å². The molecule has 0 aliphatic carbocycles. The molecule has 8 nitrogen and oxygen atoms in total. The molecular formula is C22H33BN2O6. The van der Waals surface area contributed by atoms with Gasteiger partial charge in [-0.05, 0) is 72.1 Å². The number of aromatic carboxylic acids is 1. The lowest BCUT2D eigenvalue weighted by molar-refractivity contribution is 0.00578. The molecule has 0 aromatic heterocycles. The van der Waals surface area contributed by atoms with Gasteiger partial charge in [0, 0.05) is 31.9 Å². The largest absolute Gasteiger partial charge is 0.494 e. The van der Waals surface area contributed by atoms with Gasteiger partial charge in [-0.1, -0.05) is 0 Å². The molecule has 2 aliphatic rings. The molecule has 3 rings (SSSR count). The number of carbonyl (C=O) groups excluding carboxylic acids is 1. The van der Waals surface area contributed by atoms with E-state index in [1.807, 2.05) is 54.5 Å². The standard InChI is InChI=1S/C22H33BN2O6/c1-20(2,3)29-19(28)25-10-8-24(9-11-25)17-13-15(18(26)27)12-16(14-17)23-30-21(4,5)22(6,7)31-23/h12-14H,8-11H2,1-7H3,(H,26,27). The Bertz CT molecular complexity index is 840. The smallest absolute Gasteiger partial charge is 0.478 e. The lowest BCUT2D eigenvalue weighted by Gasteiger charge is -2.37. The van der Waals surface area contributed by atoms with Crippen LogP contribution in [0.15, 0.2) is 18.2 Å². The third-order valence-electron chi connectivity index (χ3n) is 6.01. The molecule has 2 aliphatic heterocycles. The summed E-state index contributed by atoms with van der Waals surface area (Å²) in [6.07, 6.45) is -0.329. The Morgan fingerprint density at radius 3 is 2.03 bits per heavy atom. The van der Waals surface area contributed by atoms with Crippen molar-refractivity contribution in [2.24, 2.45) is 0 Å². The number of ether oxygens (including phenoxy) is 1. The maximum atomic E-state index is 12.3. The van der Waals surface area contributed by atoms with Crippen LogP contribution in [0.5, 0.6) is 0 Å². The average Bonchev–Trinajstić information content (AvgIpc) is 2.87. The number of piperazine rings is 1. The van der Waals surface area contributed by atoms with Crippen molar-refractivity contribution in [1.29, 1.82) is 0 Å². The van der Waals surface area contributed by atoms with E-state index in [0.717, 1.165) is 5.69 Å². The molecular weight excluding hydrogens is 399 g/mol. The first-order valence-electron chi connectivity index (χ1n) is 10.7. The maximum Gasteiger partial charge on any atom is 0.494 e. The zero-order valence-corrected chi connectivity index (χ0v) is 19.5. The van der Waals surface area contributed by atoms with E-state index in [-0.39, 0.29) is 11.7 Å². The number of anilines is 1. The van der Waals surface area contributed by atoms with Crippen LogP contribution >= 0.6 is 0 Å². The Balaban J connectivity index is 1.78. The van der Waals surface area contributed by atoms with Crippen molar-refractivity contribution in [3.63, 3.8) is 0 Å². The molecule has 1 aromatic rings. The first-order valence-corrected chi connectivity index (χ1v) is 10.7. The fourth-order valence-electron chi connectivity index (χ4n) is 3.53. The van der Waals surface area contributed by atoms with Crippen molar-refractivity contribution in [3.05, 3.63) is 23.8 Å². The molecule has 0 atom stereocenters. The molecule has 1 amide bonds. The highest BCUT2D eigenvalue weighted by molar-refractivity contribution is 6.62. The van der Waals surface area contributed by atoms with Gasteiger partial charge >= 0.3 is 19.2 Å². The Morgan fingerprint density at radius 1 is 1.00 bits per heavy atom. The fourth-order valence-corrected chi connectivity index (χ4v) is 3.53. The van der Waals surface area contributed by atoms with Gasteiger partial charge in [-0.15, -0.1) is 0 Å². The number of rotatable bonds is 3. The summed E-state index contributed by atoms with van der Waals surface area (Å²) in [4.78, 5) is 27.8. The Kier molecular flexibility index (Phi) is 6.06. The summed E-state index contributed by atoms with van der Waals surface area (Å²) < 4.78 is 17.7. The molecule has 170 valence electrons. The lowest BCUT2D eigenvalue weighted by Crippen LogP contribution is -2.50. The van der Waals surface area contributed by atoms with Crippen LogP contribution in [-0.2, 0) is 14.0 Å². The van der Waals surface area contributed by atoms with Crippen LogP contribution in [0.2, 0.25) is 0 Å². The average molecular weight is 432 g/mol. The number of carbonyl (C=O) groups is 2. The molecule has 0 spiro atoms. The first kappa shape index (κ1) is 23.4. The van der Waals surface area contributed by atoms with Gasteiger partial charge in [0.25, 0.3) is 0 Å². The molecule has 0 radical (unpaired) electrons. The Labute approximate surface area is 184 Å². The van der Waals surface area contributed by atoms with E-state index in [2.05, 4.69) is 4.90 Å². The minimum Gasteiger partial charge on any atom is -0.478 e. The third-order valence-corrected chi connectivity index (χ3v) is 6.01. The summed E-state index contributed by atoms with van der Waals surface area (Å²) in [5.41, 5.74) is 0.0434. The summed E-state index contributed by atoms with van der Waals surface area (Å²) in [6.45, 7) is 15.5. The van der Waals surface area contributed by atoms with Crippen molar-refractivity contribution in [2.75, 3.05) is 31.1 Å². The number of carboxylic acid groups (broad SMARTS) is 1. The molecule has 0 bridgehead atoms. The van der Waals surface area contributed by atoms with E-state index in [9.17, 15) is 14.7 Å². The fraction of sp³-hybridized carbons (Fsp3) is 0.636.